The van der Waals surface area contributed by atoms with Crippen LogP contribution in [0.15, 0.2) is 46.9 Å². The lowest BCUT2D eigenvalue weighted by atomic mass is 10.1. The van der Waals surface area contributed by atoms with E-state index in [1.165, 1.54) is 0 Å². The van der Waals surface area contributed by atoms with Gasteiger partial charge in [0.05, 0.1) is 7.11 Å². The van der Waals surface area contributed by atoms with Gasteiger partial charge in [-0.15, -0.1) is 0 Å². The summed E-state index contributed by atoms with van der Waals surface area (Å²) in [4.78, 5) is 12.0. The van der Waals surface area contributed by atoms with Crippen LogP contribution in [0.1, 0.15) is 15.9 Å². The molecule has 2 aromatic rings. The van der Waals surface area contributed by atoms with Gasteiger partial charge in [0.15, 0.2) is 0 Å². The third-order valence-corrected chi connectivity index (χ3v) is 3.59. The Kier molecular flexibility index (Phi) is 4.63. The summed E-state index contributed by atoms with van der Waals surface area (Å²) in [5, 5.41) is 2.85. The number of ether oxygens (including phenoxy) is 1. The third kappa shape index (κ3) is 3.51. The van der Waals surface area contributed by atoms with Gasteiger partial charge in [0.1, 0.15) is 5.75 Å². The molecule has 0 bridgehead atoms. The van der Waals surface area contributed by atoms with Crippen molar-refractivity contribution in [3.63, 3.8) is 0 Å². The van der Waals surface area contributed by atoms with Crippen LogP contribution in [0.3, 0.4) is 0 Å². The van der Waals surface area contributed by atoms with Gasteiger partial charge in [-0.3, -0.25) is 4.79 Å². The lowest BCUT2D eigenvalue weighted by molar-refractivity contribution is 0.0951. The minimum absolute atomic E-state index is 0.153. The number of nitrogens with two attached hydrogens (primary N) is 1. The Labute approximate surface area is 126 Å². The van der Waals surface area contributed by atoms with Crippen molar-refractivity contribution in [1.29, 1.82) is 0 Å². The zero-order valence-electron chi connectivity index (χ0n) is 11.0. The SMILES string of the molecule is COc1ccc(CNC(=O)c2ccc(Br)c(N)c2)cc1. The molecule has 4 nitrogen and oxygen atoms in total. The molecule has 0 aliphatic carbocycles. The van der Waals surface area contributed by atoms with Crippen molar-refractivity contribution < 1.29 is 9.53 Å². The molecule has 20 heavy (non-hydrogen) atoms. The van der Waals surface area contributed by atoms with Crippen molar-refractivity contribution in [2.45, 2.75) is 6.54 Å². The lowest BCUT2D eigenvalue weighted by Gasteiger charge is -2.07. The molecule has 0 aliphatic heterocycles. The first-order chi connectivity index (χ1) is 9.60. The Bertz CT molecular complexity index is 612. The van der Waals surface area contributed by atoms with E-state index in [2.05, 4.69) is 21.2 Å². The highest BCUT2D eigenvalue weighted by atomic mass is 79.9. The minimum Gasteiger partial charge on any atom is -0.497 e. The van der Waals surface area contributed by atoms with Crippen LogP contribution in [-0.4, -0.2) is 13.0 Å². The standard InChI is InChI=1S/C15H15BrN2O2/c1-20-12-5-2-10(3-6-12)9-18-15(19)11-4-7-13(16)14(17)8-11/h2-8H,9,17H2,1H3,(H,18,19). The average Bonchev–Trinajstić information content (AvgIpc) is 2.48. The molecular formula is C15H15BrN2O2. The van der Waals surface area contributed by atoms with Gasteiger partial charge >= 0.3 is 0 Å². The Hall–Kier alpha value is -2.01. The number of nitrogens with one attached hydrogen (secondary N) is 1. The van der Waals surface area contributed by atoms with Gasteiger partial charge in [0.25, 0.3) is 5.91 Å². The van der Waals surface area contributed by atoms with E-state index < -0.39 is 0 Å². The highest BCUT2D eigenvalue weighted by Gasteiger charge is 2.07. The van der Waals surface area contributed by atoms with E-state index in [0.29, 0.717) is 17.8 Å². The summed E-state index contributed by atoms with van der Waals surface area (Å²) in [6, 6.07) is 12.7. The summed E-state index contributed by atoms with van der Waals surface area (Å²) in [5.74, 6) is 0.640. The Balaban J connectivity index is 1.98. The van der Waals surface area contributed by atoms with Crippen molar-refractivity contribution in [3.8, 4) is 5.75 Å². The van der Waals surface area contributed by atoms with E-state index in [-0.39, 0.29) is 5.91 Å². The van der Waals surface area contributed by atoms with Crippen molar-refractivity contribution in [2.24, 2.45) is 0 Å². The predicted molar refractivity (Wildman–Crippen MR) is 82.7 cm³/mol. The number of hydrogen-bond acceptors (Lipinski definition) is 3. The smallest absolute Gasteiger partial charge is 0.251 e. The largest absolute Gasteiger partial charge is 0.497 e. The topological polar surface area (TPSA) is 64.3 Å². The van der Waals surface area contributed by atoms with Gasteiger partial charge in [-0.25, -0.2) is 0 Å². The summed E-state index contributed by atoms with van der Waals surface area (Å²) in [5.41, 5.74) is 7.85. The van der Waals surface area contributed by atoms with Crippen LogP contribution >= 0.6 is 15.9 Å². The second-order valence-electron chi connectivity index (χ2n) is 4.27. The fourth-order valence-electron chi connectivity index (χ4n) is 1.71. The normalized spacial score (nSPS) is 10.1. The molecular weight excluding hydrogens is 320 g/mol. The number of carbonyl (C=O) groups excluding carboxylic acids is 1. The Morgan fingerprint density at radius 3 is 2.55 bits per heavy atom. The van der Waals surface area contributed by atoms with Crippen molar-refractivity contribution in [1.82, 2.24) is 5.32 Å². The number of rotatable bonds is 4. The molecule has 2 aromatic carbocycles. The van der Waals surface area contributed by atoms with Gasteiger partial charge in [0.2, 0.25) is 0 Å². The van der Waals surface area contributed by atoms with Crippen LogP contribution < -0.4 is 15.8 Å². The summed E-state index contributed by atoms with van der Waals surface area (Å²) < 4.78 is 5.86. The van der Waals surface area contributed by atoms with Crippen LogP contribution in [0.25, 0.3) is 0 Å². The van der Waals surface area contributed by atoms with Crippen molar-refractivity contribution in [2.75, 3.05) is 12.8 Å². The molecule has 3 N–H and O–H groups in total. The first-order valence-corrected chi connectivity index (χ1v) is 6.85. The first-order valence-electron chi connectivity index (χ1n) is 6.06. The molecule has 0 spiro atoms. The van der Waals surface area contributed by atoms with E-state index >= 15 is 0 Å². The number of anilines is 1. The number of carbonyl (C=O) groups is 1. The molecule has 1 amide bonds. The molecule has 0 aromatic heterocycles. The zero-order chi connectivity index (χ0) is 14.5. The highest BCUT2D eigenvalue weighted by Crippen LogP contribution is 2.20. The maximum absolute atomic E-state index is 12.0. The van der Waals surface area contributed by atoms with Gasteiger partial charge in [-0.1, -0.05) is 12.1 Å². The first kappa shape index (κ1) is 14.4. The third-order valence-electron chi connectivity index (χ3n) is 2.87. The van der Waals surface area contributed by atoms with Gasteiger partial charge in [0, 0.05) is 22.3 Å². The summed E-state index contributed by atoms with van der Waals surface area (Å²) in [7, 11) is 1.62. The molecule has 0 saturated carbocycles. The number of amides is 1. The molecule has 0 radical (unpaired) electrons. The Morgan fingerprint density at radius 1 is 1.25 bits per heavy atom. The number of methoxy groups -OCH3 is 1. The van der Waals surface area contributed by atoms with Crippen LogP contribution in [0.4, 0.5) is 5.69 Å². The van der Waals surface area contributed by atoms with E-state index in [1.807, 2.05) is 24.3 Å². The summed E-state index contributed by atoms with van der Waals surface area (Å²) in [6.07, 6.45) is 0. The van der Waals surface area contributed by atoms with Gasteiger partial charge < -0.3 is 15.8 Å². The van der Waals surface area contributed by atoms with Crippen LogP contribution in [0.5, 0.6) is 5.75 Å². The molecule has 0 aliphatic rings. The van der Waals surface area contributed by atoms with Crippen LogP contribution in [0, 0.1) is 0 Å². The number of nitrogen functional groups attached to an aromatic ring is 1. The molecule has 0 heterocycles. The number of halogens is 1. The maximum Gasteiger partial charge on any atom is 0.251 e. The van der Waals surface area contributed by atoms with E-state index in [1.54, 1.807) is 25.3 Å². The summed E-state index contributed by atoms with van der Waals surface area (Å²) in [6.45, 7) is 0.457. The second kappa shape index (κ2) is 6.43. The minimum atomic E-state index is -0.153. The fourth-order valence-corrected chi connectivity index (χ4v) is 1.96. The van der Waals surface area contributed by atoms with Crippen LogP contribution in [-0.2, 0) is 6.54 Å². The van der Waals surface area contributed by atoms with Crippen molar-refractivity contribution in [3.05, 3.63) is 58.1 Å². The molecule has 0 unspecified atom stereocenters. The highest BCUT2D eigenvalue weighted by molar-refractivity contribution is 9.10. The molecule has 0 fully saturated rings. The van der Waals surface area contributed by atoms with Gasteiger partial charge in [-0.05, 0) is 51.8 Å². The zero-order valence-corrected chi connectivity index (χ0v) is 12.6. The molecule has 0 saturated heterocycles. The quantitative estimate of drug-likeness (QED) is 0.845. The second-order valence-corrected chi connectivity index (χ2v) is 5.12. The monoisotopic (exact) mass is 334 g/mol. The van der Waals surface area contributed by atoms with E-state index in [4.69, 9.17) is 10.5 Å². The summed E-state index contributed by atoms with van der Waals surface area (Å²) >= 11 is 3.30. The van der Waals surface area contributed by atoms with Crippen molar-refractivity contribution >= 4 is 27.5 Å². The predicted octanol–water partition coefficient (Wildman–Crippen LogP) is 2.97. The number of hydrogen-bond donors (Lipinski definition) is 2. The Morgan fingerprint density at radius 2 is 1.95 bits per heavy atom. The molecule has 0 atom stereocenters. The molecule has 5 heteroatoms. The maximum atomic E-state index is 12.0. The molecule has 104 valence electrons. The van der Waals surface area contributed by atoms with E-state index in [0.717, 1.165) is 15.8 Å². The lowest BCUT2D eigenvalue weighted by Crippen LogP contribution is -2.22. The number of benzene rings is 2. The van der Waals surface area contributed by atoms with Gasteiger partial charge in [-0.2, -0.15) is 0 Å². The van der Waals surface area contributed by atoms with Crippen LogP contribution in [0.2, 0.25) is 0 Å². The van der Waals surface area contributed by atoms with E-state index in [9.17, 15) is 4.79 Å². The molecule has 2 rings (SSSR count). The average molecular weight is 335 g/mol. The fraction of sp³-hybridized carbons (Fsp3) is 0.133.